The molecule has 0 bridgehead atoms. The molecule has 1 unspecified atom stereocenters. The van der Waals surface area contributed by atoms with E-state index in [9.17, 15) is 0 Å². The molecule has 0 amide bonds. The van der Waals surface area contributed by atoms with Crippen molar-refractivity contribution in [2.24, 2.45) is 4.99 Å². The first-order chi connectivity index (χ1) is 16.2. The fraction of sp³-hybridized carbons (Fsp3) is 0.400. The van der Waals surface area contributed by atoms with Gasteiger partial charge in [0, 0.05) is 26.1 Å². The third kappa shape index (κ3) is 7.09. The molecule has 182 valence electrons. The van der Waals surface area contributed by atoms with E-state index in [0.29, 0.717) is 19.8 Å². The Bertz CT molecular complexity index is 1060. The van der Waals surface area contributed by atoms with Gasteiger partial charge in [-0.05, 0) is 36.6 Å². The summed E-state index contributed by atoms with van der Waals surface area (Å²) >= 11 is 0. The lowest BCUT2D eigenvalue weighted by atomic mass is 10.1. The molecule has 2 aromatic carbocycles. The number of aryl methyl sites for hydroxylation is 1. The summed E-state index contributed by atoms with van der Waals surface area (Å²) in [5.41, 5.74) is 2.39. The average molecular weight is 576 g/mol. The van der Waals surface area contributed by atoms with E-state index in [1.54, 1.807) is 6.33 Å². The number of nitrogens with one attached hydrogen (secondary N) is 2. The van der Waals surface area contributed by atoms with Gasteiger partial charge < -0.3 is 24.7 Å². The van der Waals surface area contributed by atoms with Crippen LogP contribution in [-0.2, 0) is 19.4 Å². The van der Waals surface area contributed by atoms with Gasteiger partial charge in [-0.15, -0.1) is 34.2 Å². The van der Waals surface area contributed by atoms with Crippen LogP contribution in [0.15, 0.2) is 59.9 Å². The van der Waals surface area contributed by atoms with Crippen molar-refractivity contribution >= 4 is 29.9 Å². The zero-order valence-corrected chi connectivity index (χ0v) is 22.1. The zero-order valence-electron chi connectivity index (χ0n) is 19.7. The molecule has 0 spiro atoms. The molecule has 3 aromatic rings. The monoisotopic (exact) mass is 576 g/mol. The molecule has 1 aliphatic heterocycles. The number of guanidine groups is 1. The van der Waals surface area contributed by atoms with Gasteiger partial charge in [0.05, 0.1) is 6.04 Å². The van der Waals surface area contributed by atoms with Gasteiger partial charge in [-0.25, -0.2) is 0 Å². The molecule has 0 radical (unpaired) electrons. The molecular weight excluding hydrogens is 543 g/mol. The van der Waals surface area contributed by atoms with Crippen LogP contribution in [0.2, 0.25) is 0 Å². The molecule has 34 heavy (non-hydrogen) atoms. The molecule has 0 aliphatic carbocycles. The van der Waals surface area contributed by atoms with E-state index in [1.807, 2.05) is 12.1 Å². The molecule has 1 aliphatic rings. The maximum atomic E-state index is 5.70. The minimum absolute atomic E-state index is 0. The molecule has 2 N–H and O–H groups in total. The Balaban J connectivity index is 0.00000324. The third-order valence-electron chi connectivity index (χ3n) is 5.59. The average Bonchev–Trinajstić information content (AvgIpc) is 3.32. The van der Waals surface area contributed by atoms with Gasteiger partial charge >= 0.3 is 0 Å². The SMILES string of the molecule is CCc1nncn1CCNC(=NCCc1ccc2c(c1)OCCO2)NC(C)c1ccccc1.I. The second kappa shape index (κ2) is 13.2. The van der Waals surface area contributed by atoms with Crippen molar-refractivity contribution in [1.29, 1.82) is 0 Å². The van der Waals surface area contributed by atoms with E-state index in [-0.39, 0.29) is 30.0 Å². The van der Waals surface area contributed by atoms with Crippen LogP contribution in [-0.4, -0.2) is 47.0 Å². The van der Waals surface area contributed by atoms with Crippen molar-refractivity contribution in [3.05, 3.63) is 71.8 Å². The van der Waals surface area contributed by atoms with E-state index < -0.39 is 0 Å². The lowest BCUT2D eigenvalue weighted by molar-refractivity contribution is 0.171. The molecule has 0 saturated heterocycles. The van der Waals surface area contributed by atoms with Gasteiger partial charge in [-0.1, -0.05) is 43.3 Å². The van der Waals surface area contributed by atoms with Crippen LogP contribution in [0, 0.1) is 0 Å². The number of aromatic nitrogens is 3. The lowest BCUT2D eigenvalue weighted by Crippen LogP contribution is -2.40. The summed E-state index contributed by atoms with van der Waals surface area (Å²) < 4.78 is 13.4. The van der Waals surface area contributed by atoms with Crippen molar-refractivity contribution in [2.75, 3.05) is 26.3 Å². The Morgan fingerprint density at radius 1 is 1.12 bits per heavy atom. The van der Waals surface area contributed by atoms with Gasteiger partial charge in [-0.2, -0.15) is 0 Å². The Morgan fingerprint density at radius 2 is 1.91 bits per heavy atom. The Morgan fingerprint density at radius 3 is 2.71 bits per heavy atom. The highest BCUT2D eigenvalue weighted by Crippen LogP contribution is 2.30. The summed E-state index contributed by atoms with van der Waals surface area (Å²) in [5.74, 6) is 3.40. The number of ether oxygens (including phenoxy) is 2. The van der Waals surface area contributed by atoms with Crippen LogP contribution >= 0.6 is 24.0 Å². The van der Waals surface area contributed by atoms with Crippen molar-refractivity contribution in [2.45, 2.75) is 39.3 Å². The maximum absolute atomic E-state index is 5.70. The van der Waals surface area contributed by atoms with E-state index in [1.165, 1.54) is 11.1 Å². The number of rotatable bonds is 9. The topological polar surface area (TPSA) is 85.6 Å². The fourth-order valence-electron chi connectivity index (χ4n) is 3.76. The number of benzene rings is 2. The van der Waals surface area contributed by atoms with Gasteiger partial charge in [-0.3, -0.25) is 4.99 Å². The lowest BCUT2D eigenvalue weighted by Gasteiger charge is -2.20. The standard InChI is InChI=1S/C25H32N6O2.HI/c1-3-24-30-28-18-31(24)14-13-27-25(29-19(2)21-7-5-4-6-8-21)26-12-11-20-9-10-22-23(17-20)33-16-15-32-22;/h4-10,17-19H,3,11-16H2,1-2H3,(H2,26,27,29);1H. The first kappa shape index (κ1) is 25.8. The molecule has 1 atom stereocenters. The second-order valence-electron chi connectivity index (χ2n) is 7.96. The molecular formula is C25H33IN6O2. The Labute approximate surface area is 218 Å². The van der Waals surface area contributed by atoms with Gasteiger partial charge in [0.15, 0.2) is 17.5 Å². The number of halogens is 1. The van der Waals surface area contributed by atoms with Crippen LogP contribution in [0.3, 0.4) is 0 Å². The second-order valence-corrected chi connectivity index (χ2v) is 7.96. The molecule has 9 heteroatoms. The summed E-state index contributed by atoms with van der Waals surface area (Å²) in [6, 6.07) is 16.6. The summed E-state index contributed by atoms with van der Waals surface area (Å²) in [6.45, 7) is 7.58. The van der Waals surface area contributed by atoms with Crippen LogP contribution in [0.5, 0.6) is 11.5 Å². The molecule has 2 heterocycles. The number of fused-ring (bicyclic) bond motifs is 1. The molecule has 1 aromatic heterocycles. The number of nitrogens with zero attached hydrogens (tertiary/aromatic N) is 4. The normalized spacial score (nSPS) is 13.6. The molecule has 4 rings (SSSR count). The van der Waals surface area contributed by atoms with Gasteiger partial charge in [0.1, 0.15) is 25.4 Å². The van der Waals surface area contributed by atoms with E-state index in [0.717, 1.165) is 49.2 Å². The summed E-state index contributed by atoms with van der Waals surface area (Å²) in [7, 11) is 0. The molecule has 0 saturated carbocycles. The van der Waals surface area contributed by atoms with Crippen molar-refractivity contribution in [3.63, 3.8) is 0 Å². The third-order valence-corrected chi connectivity index (χ3v) is 5.59. The van der Waals surface area contributed by atoms with Gasteiger partial charge in [0.2, 0.25) is 0 Å². The number of hydrogen-bond acceptors (Lipinski definition) is 5. The predicted molar refractivity (Wildman–Crippen MR) is 144 cm³/mol. The van der Waals surface area contributed by atoms with E-state index >= 15 is 0 Å². The van der Waals surface area contributed by atoms with Crippen molar-refractivity contribution in [1.82, 2.24) is 25.4 Å². The summed E-state index contributed by atoms with van der Waals surface area (Å²) in [4.78, 5) is 4.84. The van der Waals surface area contributed by atoms with Crippen LogP contribution in [0.4, 0.5) is 0 Å². The highest BCUT2D eigenvalue weighted by atomic mass is 127. The van der Waals surface area contributed by atoms with Crippen molar-refractivity contribution < 1.29 is 9.47 Å². The fourth-order valence-corrected chi connectivity index (χ4v) is 3.76. The molecule has 0 fully saturated rings. The Hall–Kier alpha value is -2.82. The van der Waals surface area contributed by atoms with E-state index in [4.69, 9.17) is 14.5 Å². The van der Waals surface area contributed by atoms with Crippen LogP contribution in [0.1, 0.15) is 36.8 Å². The summed E-state index contributed by atoms with van der Waals surface area (Å²) in [6.07, 6.45) is 3.45. The first-order valence-electron chi connectivity index (χ1n) is 11.6. The predicted octanol–water partition coefficient (Wildman–Crippen LogP) is 3.77. The molecule has 8 nitrogen and oxygen atoms in total. The van der Waals surface area contributed by atoms with Crippen LogP contribution in [0.25, 0.3) is 0 Å². The highest BCUT2D eigenvalue weighted by Gasteiger charge is 2.12. The van der Waals surface area contributed by atoms with Crippen LogP contribution < -0.4 is 20.1 Å². The highest BCUT2D eigenvalue weighted by molar-refractivity contribution is 14.0. The minimum atomic E-state index is 0. The maximum Gasteiger partial charge on any atom is 0.191 e. The largest absolute Gasteiger partial charge is 0.486 e. The zero-order chi connectivity index (χ0) is 22.9. The minimum Gasteiger partial charge on any atom is -0.486 e. The van der Waals surface area contributed by atoms with E-state index in [2.05, 4.69) is 75.6 Å². The van der Waals surface area contributed by atoms with Gasteiger partial charge in [0.25, 0.3) is 0 Å². The smallest absolute Gasteiger partial charge is 0.191 e. The quantitative estimate of drug-likeness (QED) is 0.229. The number of aliphatic imine (C=N–C) groups is 1. The summed E-state index contributed by atoms with van der Waals surface area (Å²) in [5, 5.41) is 15.2. The number of hydrogen-bond donors (Lipinski definition) is 2. The first-order valence-corrected chi connectivity index (χ1v) is 11.6. The van der Waals surface area contributed by atoms with Crippen molar-refractivity contribution in [3.8, 4) is 11.5 Å². The Kier molecular flexibility index (Phi) is 9.99.